The number of carbonyl (C=O) groups excluding carboxylic acids is 2. The molecule has 26 heavy (non-hydrogen) atoms. The molecule has 2 aromatic carbocycles. The summed E-state index contributed by atoms with van der Waals surface area (Å²) in [4.78, 5) is 23.8. The first-order valence-corrected chi connectivity index (χ1v) is 8.46. The zero-order valence-electron chi connectivity index (χ0n) is 14.6. The molecule has 0 bridgehead atoms. The van der Waals surface area contributed by atoms with E-state index in [4.69, 9.17) is 4.74 Å². The van der Waals surface area contributed by atoms with Gasteiger partial charge in [-0.2, -0.15) is 0 Å². The monoisotopic (exact) mass is 351 g/mol. The summed E-state index contributed by atoms with van der Waals surface area (Å²) < 4.78 is 10.1. The van der Waals surface area contributed by atoms with Crippen LogP contribution in [0.25, 0.3) is 11.1 Å². The number of methoxy groups -OCH3 is 1. The summed E-state index contributed by atoms with van der Waals surface area (Å²) >= 11 is 0. The van der Waals surface area contributed by atoms with Crippen molar-refractivity contribution in [2.24, 2.45) is 0 Å². The minimum atomic E-state index is -0.798. The van der Waals surface area contributed by atoms with Crippen LogP contribution < -0.4 is 5.32 Å². The third kappa shape index (κ3) is 3.47. The van der Waals surface area contributed by atoms with Crippen LogP contribution in [0, 0.1) is 0 Å². The van der Waals surface area contributed by atoms with Gasteiger partial charge >= 0.3 is 12.1 Å². The highest BCUT2D eigenvalue weighted by Crippen LogP contribution is 2.44. The van der Waals surface area contributed by atoms with Gasteiger partial charge in [0.2, 0.25) is 0 Å². The number of benzene rings is 2. The van der Waals surface area contributed by atoms with Crippen molar-refractivity contribution in [3.05, 3.63) is 72.3 Å². The van der Waals surface area contributed by atoms with Gasteiger partial charge in [-0.3, -0.25) is 0 Å². The zero-order chi connectivity index (χ0) is 18.5. The van der Waals surface area contributed by atoms with Gasteiger partial charge in [-0.25, -0.2) is 9.59 Å². The lowest BCUT2D eigenvalue weighted by Gasteiger charge is -2.17. The fraction of sp³-hybridized carbons (Fsp3) is 0.238. The molecule has 0 unspecified atom stereocenters. The number of carbonyl (C=O) groups is 2. The van der Waals surface area contributed by atoms with Gasteiger partial charge in [0, 0.05) is 5.92 Å². The third-order valence-electron chi connectivity index (χ3n) is 4.52. The largest absolute Gasteiger partial charge is 0.467 e. The van der Waals surface area contributed by atoms with Crippen molar-refractivity contribution in [2.45, 2.75) is 18.4 Å². The Labute approximate surface area is 152 Å². The van der Waals surface area contributed by atoms with Gasteiger partial charge in [0.1, 0.15) is 12.6 Å². The minimum Gasteiger partial charge on any atom is -0.467 e. The number of alkyl carbamates (subject to hydrolysis) is 1. The SMILES string of the molecule is C=CC[C@H](NC(=O)OCC1c2ccccc2-c2ccccc21)C(=O)OC. The molecule has 1 atom stereocenters. The van der Waals surface area contributed by atoms with E-state index in [0.29, 0.717) is 0 Å². The number of amides is 1. The molecule has 1 amide bonds. The van der Waals surface area contributed by atoms with E-state index < -0.39 is 18.1 Å². The first-order chi connectivity index (χ1) is 12.7. The van der Waals surface area contributed by atoms with Crippen molar-refractivity contribution in [2.75, 3.05) is 13.7 Å². The van der Waals surface area contributed by atoms with Gasteiger partial charge in [-0.1, -0.05) is 54.6 Å². The Hall–Kier alpha value is -3.08. The Morgan fingerprint density at radius 2 is 1.69 bits per heavy atom. The Morgan fingerprint density at radius 3 is 2.23 bits per heavy atom. The van der Waals surface area contributed by atoms with Crippen molar-refractivity contribution in [3.8, 4) is 11.1 Å². The highest BCUT2D eigenvalue weighted by Gasteiger charge is 2.29. The van der Waals surface area contributed by atoms with Crippen molar-refractivity contribution in [1.82, 2.24) is 5.32 Å². The predicted molar refractivity (Wildman–Crippen MR) is 98.8 cm³/mol. The molecule has 0 fully saturated rings. The summed E-state index contributed by atoms with van der Waals surface area (Å²) in [5.41, 5.74) is 4.60. The first-order valence-electron chi connectivity index (χ1n) is 8.46. The summed E-state index contributed by atoms with van der Waals surface area (Å²) in [6.07, 6.45) is 1.17. The van der Waals surface area contributed by atoms with E-state index in [1.54, 1.807) is 6.08 Å². The van der Waals surface area contributed by atoms with E-state index in [0.717, 1.165) is 22.3 Å². The molecule has 2 aromatic rings. The number of esters is 1. The van der Waals surface area contributed by atoms with Gasteiger partial charge in [0.25, 0.3) is 0 Å². The van der Waals surface area contributed by atoms with E-state index in [-0.39, 0.29) is 18.9 Å². The van der Waals surface area contributed by atoms with Gasteiger partial charge in [-0.05, 0) is 28.7 Å². The van der Waals surface area contributed by atoms with Crippen molar-refractivity contribution >= 4 is 12.1 Å². The summed E-state index contributed by atoms with van der Waals surface area (Å²) in [6.45, 7) is 3.78. The van der Waals surface area contributed by atoms with Crippen molar-refractivity contribution < 1.29 is 19.1 Å². The normalized spacial score (nSPS) is 13.3. The molecule has 0 heterocycles. The van der Waals surface area contributed by atoms with E-state index in [1.165, 1.54) is 7.11 Å². The number of hydrogen-bond acceptors (Lipinski definition) is 4. The quantitative estimate of drug-likeness (QED) is 0.637. The molecule has 0 radical (unpaired) electrons. The maximum Gasteiger partial charge on any atom is 0.407 e. The average Bonchev–Trinajstić information content (AvgIpc) is 2.99. The van der Waals surface area contributed by atoms with Crippen LogP contribution in [0.2, 0.25) is 0 Å². The molecule has 134 valence electrons. The number of rotatable bonds is 6. The van der Waals surface area contributed by atoms with Gasteiger partial charge in [0.15, 0.2) is 0 Å². The number of fused-ring (bicyclic) bond motifs is 3. The number of ether oxygens (including phenoxy) is 2. The Bertz CT molecular complexity index is 785. The molecule has 0 saturated heterocycles. The van der Waals surface area contributed by atoms with Gasteiger partial charge in [-0.15, -0.1) is 6.58 Å². The predicted octanol–water partition coefficient (Wildman–Crippen LogP) is 3.64. The van der Waals surface area contributed by atoms with Crippen LogP contribution >= 0.6 is 0 Å². The number of hydrogen-bond donors (Lipinski definition) is 1. The smallest absolute Gasteiger partial charge is 0.407 e. The molecule has 5 heteroatoms. The average molecular weight is 351 g/mol. The molecule has 5 nitrogen and oxygen atoms in total. The van der Waals surface area contributed by atoms with Crippen LogP contribution in [0.4, 0.5) is 4.79 Å². The maximum atomic E-state index is 12.2. The molecule has 3 rings (SSSR count). The second-order valence-electron chi connectivity index (χ2n) is 6.07. The van der Waals surface area contributed by atoms with E-state index in [2.05, 4.69) is 40.9 Å². The lowest BCUT2D eigenvalue weighted by atomic mass is 9.98. The van der Waals surface area contributed by atoms with Crippen LogP contribution in [-0.4, -0.2) is 31.8 Å². The van der Waals surface area contributed by atoms with Crippen LogP contribution in [-0.2, 0) is 14.3 Å². The molecule has 1 N–H and O–H groups in total. The second-order valence-corrected chi connectivity index (χ2v) is 6.07. The Kier molecular flexibility index (Phi) is 5.37. The summed E-state index contributed by atoms with van der Waals surface area (Å²) in [5.74, 6) is -0.553. The second kappa shape index (κ2) is 7.87. The Balaban J connectivity index is 1.70. The van der Waals surface area contributed by atoms with Crippen LogP contribution in [0.15, 0.2) is 61.2 Å². The van der Waals surface area contributed by atoms with E-state index in [9.17, 15) is 9.59 Å². The molecule has 1 aliphatic carbocycles. The number of nitrogens with one attached hydrogen (secondary N) is 1. The standard InChI is InChI=1S/C21H21NO4/c1-3-8-19(20(23)25-2)22-21(24)26-13-18-16-11-6-4-9-14(16)15-10-5-7-12-17(15)18/h3-7,9-12,18-19H,1,8,13H2,2H3,(H,22,24)/t19-/m0/s1. The maximum absolute atomic E-state index is 12.2. The summed E-state index contributed by atoms with van der Waals surface area (Å²) in [5, 5.41) is 2.53. The fourth-order valence-corrected chi connectivity index (χ4v) is 3.31. The topological polar surface area (TPSA) is 64.6 Å². The van der Waals surface area contributed by atoms with Crippen LogP contribution in [0.3, 0.4) is 0 Å². The van der Waals surface area contributed by atoms with E-state index in [1.807, 2.05) is 24.3 Å². The van der Waals surface area contributed by atoms with Crippen molar-refractivity contribution in [3.63, 3.8) is 0 Å². The fourth-order valence-electron chi connectivity index (χ4n) is 3.31. The first kappa shape index (κ1) is 17.7. The molecule has 0 aromatic heterocycles. The highest BCUT2D eigenvalue weighted by atomic mass is 16.6. The van der Waals surface area contributed by atoms with Gasteiger partial charge < -0.3 is 14.8 Å². The molecule has 0 saturated carbocycles. The lowest BCUT2D eigenvalue weighted by Crippen LogP contribution is -2.41. The van der Waals surface area contributed by atoms with Gasteiger partial charge in [0.05, 0.1) is 7.11 Å². The zero-order valence-corrected chi connectivity index (χ0v) is 14.6. The lowest BCUT2D eigenvalue weighted by molar-refractivity contribution is -0.142. The molecule has 0 aliphatic heterocycles. The summed E-state index contributed by atoms with van der Waals surface area (Å²) in [7, 11) is 1.28. The third-order valence-corrected chi connectivity index (χ3v) is 4.52. The van der Waals surface area contributed by atoms with Crippen molar-refractivity contribution in [1.29, 1.82) is 0 Å². The van der Waals surface area contributed by atoms with E-state index >= 15 is 0 Å². The molecular weight excluding hydrogens is 330 g/mol. The van der Waals surface area contributed by atoms with Crippen LogP contribution in [0.5, 0.6) is 0 Å². The molecular formula is C21H21NO4. The Morgan fingerprint density at radius 1 is 1.12 bits per heavy atom. The summed E-state index contributed by atoms with van der Waals surface area (Å²) in [6, 6.07) is 15.4. The minimum absolute atomic E-state index is 0.0240. The molecule has 0 spiro atoms. The molecule has 1 aliphatic rings. The van der Waals surface area contributed by atoms with Crippen LogP contribution in [0.1, 0.15) is 23.5 Å². The highest BCUT2D eigenvalue weighted by molar-refractivity contribution is 5.82.